The third-order valence-corrected chi connectivity index (χ3v) is 3.14. The van der Waals surface area contributed by atoms with Crippen LogP contribution in [0, 0.1) is 0 Å². The first-order chi connectivity index (χ1) is 8.15. The number of hydrogen-bond acceptors (Lipinski definition) is 4. The van der Waals surface area contributed by atoms with Crippen molar-refractivity contribution >= 4 is 21.7 Å². The van der Waals surface area contributed by atoms with Gasteiger partial charge in [0.2, 0.25) is 0 Å². The molecule has 0 fully saturated rings. The zero-order valence-corrected chi connectivity index (χ0v) is 11.5. The van der Waals surface area contributed by atoms with Gasteiger partial charge in [-0.15, -0.1) is 0 Å². The molecule has 2 N–H and O–H groups in total. The third-order valence-electron chi connectivity index (χ3n) is 2.39. The highest BCUT2D eigenvalue weighted by Crippen LogP contribution is 2.37. The Labute approximate surface area is 109 Å². The predicted octanol–water partition coefficient (Wildman–Crippen LogP) is 2.39. The number of ketones is 1. The molecule has 0 atom stereocenters. The normalized spacial score (nSPS) is 10.1. The highest BCUT2D eigenvalue weighted by molar-refractivity contribution is 9.10. The number of methoxy groups -OCH3 is 2. The average Bonchev–Trinajstić information content (AvgIpc) is 2.35. The first-order valence-corrected chi connectivity index (χ1v) is 6.08. The van der Waals surface area contributed by atoms with Crippen molar-refractivity contribution in [3.63, 3.8) is 0 Å². The average molecular weight is 302 g/mol. The van der Waals surface area contributed by atoms with Gasteiger partial charge in [-0.2, -0.15) is 0 Å². The Kier molecular flexibility index (Phi) is 5.44. The van der Waals surface area contributed by atoms with E-state index < -0.39 is 0 Å². The SMILES string of the molecule is COc1ccc(C(=O)CCCN)c(OC)c1Br. The molecular formula is C12H16BrNO3. The molecule has 94 valence electrons. The Bertz CT molecular complexity index is 407. The molecule has 1 rings (SSSR count). The molecule has 0 aliphatic heterocycles. The summed E-state index contributed by atoms with van der Waals surface area (Å²) < 4.78 is 11.0. The Hall–Kier alpha value is -1.07. The van der Waals surface area contributed by atoms with Gasteiger partial charge in [0.25, 0.3) is 0 Å². The summed E-state index contributed by atoms with van der Waals surface area (Å²) in [5.74, 6) is 1.17. The third kappa shape index (κ3) is 3.20. The van der Waals surface area contributed by atoms with Crippen LogP contribution >= 0.6 is 15.9 Å². The fraction of sp³-hybridized carbons (Fsp3) is 0.417. The molecule has 0 amide bonds. The molecule has 0 bridgehead atoms. The van der Waals surface area contributed by atoms with Crippen LogP contribution in [-0.4, -0.2) is 26.5 Å². The maximum absolute atomic E-state index is 11.9. The minimum Gasteiger partial charge on any atom is -0.495 e. The standard InChI is InChI=1S/C12H16BrNO3/c1-16-10-6-5-8(9(15)4-3-7-14)12(17-2)11(10)13/h5-6H,3-4,7,14H2,1-2H3. The zero-order chi connectivity index (χ0) is 12.8. The van der Waals surface area contributed by atoms with Gasteiger partial charge in [0.15, 0.2) is 5.78 Å². The Balaban J connectivity index is 3.07. The molecule has 5 heteroatoms. The van der Waals surface area contributed by atoms with E-state index in [1.165, 1.54) is 7.11 Å². The molecule has 0 saturated carbocycles. The summed E-state index contributed by atoms with van der Waals surface area (Å²) in [5.41, 5.74) is 5.94. The molecular weight excluding hydrogens is 286 g/mol. The van der Waals surface area contributed by atoms with E-state index in [9.17, 15) is 4.79 Å². The van der Waals surface area contributed by atoms with Crippen LogP contribution in [-0.2, 0) is 0 Å². The number of carbonyl (C=O) groups excluding carboxylic acids is 1. The lowest BCUT2D eigenvalue weighted by molar-refractivity contribution is 0.0977. The van der Waals surface area contributed by atoms with Gasteiger partial charge in [-0.1, -0.05) is 0 Å². The molecule has 0 unspecified atom stereocenters. The van der Waals surface area contributed by atoms with Gasteiger partial charge in [-0.05, 0) is 41.0 Å². The molecule has 0 spiro atoms. The first-order valence-electron chi connectivity index (χ1n) is 5.29. The van der Waals surface area contributed by atoms with Crippen molar-refractivity contribution in [1.29, 1.82) is 0 Å². The zero-order valence-electron chi connectivity index (χ0n) is 9.96. The van der Waals surface area contributed by atoms with Gasteiger partial charge in [0, 0.05) is 6.42 Å². The van der Waals surface area contributed by atoms with E-state index in [0.29, 0.717) is 40.9 Å². The minimum absolute atomic E-state index is 0.0238. The summed E-state index contributed by atoms with van der Waals surface area (Å²) in [5, 5.41) is 0. The Morgan fingerprint density at radius 1 is 1.35 bits per heavy atom. The predicted molar refractivity (Wildman–Crippen MR) is 69.9 cm³/mol. The van der Waals surface area contributed by atoms with Crippen LogP contribution in [0.2, 0.25) is 0 Å². The van der Waals surface area contributed by atoms with Crippen molar-refractivity contribution in [1.82, 2.24) is 0 Å². The molecule has 1 aromatic carbocycles. The number of carbonyl (C=O) groups is 1. The molecule has 0 saturated heterocycles. The monoisotopic (exact) mass is 301 g/mol. The molecule has 17 heavy (non-hydrogen) atoms. The van der Waals surface area contributed by atoms with Gasteiger partial charge < -0.3 is 15.2 Å². The molecule has 0 aliphatic carbocycles. The number of hydrogen-bond donors (Lipinski definition) is 1. The van der Waals surface area contributed by atoms with E-state index in [4.69, 9.17) is 15.2 Å². The van der Waals surface area contributed by atoms with E-state index >= 15 is 0 Å². The Morgan fingerprint density at radius 3 is 2.59 bits per heavy atom. The maximum atomic E-state index is 11.9. The van der Waals surface area contributed by atoms with E-state index in [1.54, 1.807) is 19.2 Å². The maximum Gasteiger partial charge on any atom is 0.166 e. The Morgan fingerprint density at radius 2 is 2.06 bits per heavy atom. The van der Waals surface area contributed by atoms with Crippen LogP contribution in [0.5, 0.6) is 11.5 Å². The molecule has 0 radical (unpaired) electrons. The number of benzene rings is 1. The first kappa shape index (κ1) is 14.0. The van der Waals surface area contributed by atoms with Crippen LogP contribution in [0.15, 0.2) is 16.6 Å². The quantitative estimate of drug-likeness (QED) is 0.820. The van der Waals surface area contributed by atoms with Gasteiger partial charge in [0.1, 0.15) is 16.0 Å². The number of Topliss-reactive ketones (excluding diaryl/α,β-unsaturated/α-hetero) is 1. The van der Waals surface area contributed by atoms with Crippen molar-refractivity contribution in [3.05, 3.63) is 22.2 Å². The van der Waals surface area contributed by atoms with E-state index in [-0.39, 0.29) is 5.78 Å². The summed E-state index contributed by atoms with van der Waals surface area (Å²) in [7, 11) is 3.09. The minimum atomic E-state index is 0.0238. The fourth-order valence-corrected chi connectivity index (χ4v) is 2.18. The van der Waals surface area contributed by atoms with Crippen LogP contribution < -0.4 is 15.2 Å². The van der Waals surface area contributed by atoms with Crippen LogP contribution in [0.3, 0.4) is 0 Å². The summed E-state index contributed by atoms with van der Waals surface area (Å²) >= 11 is 3.36. The van der Waals surface area contributed by atoms with Crippen molar-refractivity contribution in [3.8, 4) is 11.5 Å². The highest BCUT2D eigenvalue weighted by atomic mass is 79.9. The molecule has 0 heterocycles. The van der Waals surface area contributed by atoms with Crippen LogP contribution in [0.4, 0.5) is 0 Å². The van der Waals surface area contributed by atoms with Gasteiger partial charge in [0.05, 0.1) is 19.8 Å². The van der Waals surface area contributed by atoms with Crippen molar-refractivity contribution in [2.75, 3.05) is 20.8 Å². The molecule has 0 aliphatic rings. The van der Waals surface area contributed by atoms with Crippen molar-refractivity contribution in [2.24, 2.45) is 5.73 Å². The highest BCUT2D eigenvalue weighted by Gasteiger charge is 2.17. The van der Waals surface area contributed by atoms with Crippen LogP contribution in [0.1, 0.15) is 23.2 Å². The second-order valence-corrected chi connectivity index (χ2v) is 4.27. The largest absolute Gasteiger partial charge is 0.495 e. The molecule has 1 aromatic rings. The lowest BCUT2D eigenvalue weighted by Crippen LogP contribution is -2.07. The lowest BCUT2D eigenvalue weighted by atomic mass is 10.1. The topological polar surface area (TPSA) is 61.5 Å². The van der Waals surface area contributed by atoms with Crippen molar-refractivity contribution in [2.45, 2.75) is 12.8 Å². The summed E-state index contributed by atoms with van der Waals surface area (Å²) in [6.07, 6.45) is 1.09. The van der Waals surface area contributed by atoms with E-state index in [2.05, 4.69) is 15.9 Å². The van der Waals surface area contributed by atoms with Crippen molar-refractivity contribution < 1.29 is 14.3 Å². The van der Waals surface area contributed by atoms with E-state index in [1.807, 2.05) is 0 Å². The molecule has 4 nitrogen and oxygen atoms in total. The van der Waals surface area contributed by atoms with Gasteiger partial charge >= 0.3 is 0 Å². The fourth-order valence-electron chi connectivity index (χ4n) is 1.51. The van der Waals surface area contributed by atoms with Gasteiger partial charge in [-0.3, -0.25) is 4.79 Å². The number of rotatable bonds is 6. The van der Waals surface area contributed by atoms with Gasteiger partial charge in [-0.25, -0.2) is 0 Å². The smallest absolute Gasteiger partial charge is 0.166 e. The number of nitrogens with two attached hydrogens (primary N) is 1. The summed E-state index contributed by atoms with van der Waals surface area (Å²) in [6.45, 7) is 0.505. The second-order valence-electron chi connectivity index (χ2n) is 3.48. The summed E-state index contributed by atoms with van der Waals surface area (Å²) in [4.78, 5) is 11.9. The second kappa shape index (κ2) is 6.61. The number of ether oxygens (including phenoxy) is 2. The summed E-state index contributed by atoms with van der Waals surface area (Å²) in [6, 6.07) is 3.45. The van der Waals surface area contributed by atoms with E-state index in [0.717, 1.165) is 0 Å². The number of halogens is 1. The molecule has 0 aromatic heterocycles. The lowest BCUT2D eigenvalue weighted by Gasteiger charge is -2.12. The van der Waals surface area contributed by atoms with Crippen LogP contribution in [0.25, 0.3) is 0 Å².